The largest absolute Gasteiger partial charge is 0.308 e. The van der Waals surface area contributed by atoms with Gasteiger partial charge in [0.05, 0.1) is 22.1 Å². The number of rotatable bonds is 1. The van der Waals surface area contributed by atoms with Gasteiger partial charge in [-0.25, -0.2) is 0 Å². The van der Waals surface area contributed by atoms with E-state index in [1.165, 1.54) is 92.2 Å². The van der Waals surface area contributed by atoms with Crippen LogP contribution in [-0.2, 0) is 5.41 Å². The van der Waals surface area contributed by atoms with Crippen LogP contribution in [0.2, 0.25) is 0 Å². The zero-order valence-corrected chi connectivity index (χ0v) is 26.3. The Morgan fingerprint density at radius 1 is 0.404 bits per heavy atom. The molecule has 1 aromatic heterocycles. The molecule has 1 aliphatic carbocycles. The van der Waals surface area contributed by atoms with E-state index in [4.69, 9.17) is 0 Å². The third-order valence-electron chi connectivity index (χ3n) is 10.6. The Morgan fingerprint density at radius 3 is 1.81 bits per heavy atom. The molecule has 2 aliphatic rings. The first-order valence-electron chi connectivity index (χ1n) is 16.3. The quantitative estimate of drug-likeness (QED) is 0.178. The molecule has 0 atom stereocenters. The maximum Gasteiger partial charge on any atom is 0.0736 e. The van der Waals surface area contributed by atoms with E-state index >= 15 is 0 Å². The predicted molar refractivity (Wildman–Crippen MR) is 197 cm³/mol. The standard InChI is InChI=1S/C45H27NS/c1-3-15-30-28(12-1)14-11-22-40(30)46-41-27-39-43(26-35(41)34-25-24-29-13-2-4-16-31(29)44(34)46)47-42-23-10-9-21-38(42)45(39)36-19-7-5-17-32(36)33-18-6-8-20-37(33)45/h1-27H. The lowest BCUT2D eigenvalue weighted by atomic mass is 9.67. The molecule has 9 aromatic rings. The Hall–Kier alpha value is -5.57. The van der Waals surface area contributed by atoms with Gasteiger partial charge in [0.15, 0.2) is 0 Å². The predicted octanol–water partition coefficient (Wildman–Crippen LogP) is 11.9. The average Bonchev–Trinajstić information content (AvgIpc) is 3.61. The smallest absolute Gasteiger partial charge is 0.0736 e. The minimum Gasteiger partial charge on any atom is -0.308 e. The van der Waals surface area contributed by atoms with Gasteiger partial charge in [-0.05, 0) is 68.4 Å². The topological polar surface area (TPSA) is 4.93 Å². The van der Waals surface area contributed by atoms with Gasteiger partial charge in [0.2, 0.25) is 0 Å². The van der Waals surface area contributed by atoms with Crippen molar-refractivity contribution >= 4 is 55.1 Å². The lowest BCUT2D eigenvalue weighted by molar-refractivity contribution is 0.724. The van der Waals surface area contributed by atoms with Crippen molar-refractivity contribution < 1.29 is 0 Å². The second-order valence-electron chi connectivity index (χ2n) is 12.8. The van der Waals surface area contributed by atoms with E-state index in [9.17, 15) is 0 Å². The summed E-state index contributed by atoms with van der Waals surface area (Å²) < 4.78 is 2.56. The first kappa shape index (κ1) is 25.6. The van der Waals surface area contributed by atoms with Gasteiger partial charge in [-0.3, -0.25) is 0 Å². The third-order valence-corrected chi connectivity index (χ3v) is 11.8. The zero-order valence-electron chi connectivity index (χ0n) is 25.4. The molecule has 11 rings (SSSR count). The summed E-state index contributed by atoms with van der Waals surface area (Å²) in [6, 6.07) is 61.2. The second-order valence-corrected chi connectivity index (χ2v) is 13.9. The monoisotopic (exact) mass is 613 g/mol. The van der Waals surface area contributed by atoms with E-state index < -0.39 is 5.41 Å². The number of hydrogen-bond donors (Lipinski definition) is 0. The Balaban J connectivity index is 1.36. The summed E-state index contributed by atoms with van der Waals surface area (Å²) in [6.45, 7) is 0. The highest BCUT2D eigenvalue weighted by Crippen LogP contribution is 2.62. The van der Waals surface area contributed by atoms with Crippen molar-refractivity contribution in [2.45, 2.75) is 15.2 Å². The minimum absolute atomic E-state index is 0.416. The molecule has 2 heteroatoms. The molecule has 0 N–H and O–H groups in total. The van der Waals surface area contributed by atoms with Gasteiger partial charge in [-0.15, -0.1) is 0 Å². The fraction of sp³-hybridized carbons (Fsp3) is 0.0222. The Bertz CT molecular complexity index is 2730. The first-order chi connectivity index (χ1) is 23.3. The number of aromatic nitrogens is 1. The second kappa shape index (κ2) is 9.25. The van der Waals surface area contributed by atoms with Crippen LogP contribution in [0.3, 0.4) is 0 Å². The summed E-state index contributed by atoms with van der Waals surface area (Å²) in [4.78, 5) is 2.65. The Morgan fingerprint density at radius 2 is 1.02 bits per heavy atom. The van der Waals surface area contributed by atoms with E-state index in [0.29, 0.717) is 0 Å². The van der Waals surface area contributed by atoms with Crippen LogP contribution in [0.4, 0.5) is 0 Å². The van der Waals surface area contributed by atoms with Crippen molar-refractivity contribution in [3.8, 4) is 16.8 Å². The molecule has 47 heavy (non-hydrogen) atoms. The number of benzene rings is 8. The number of fused-ring (bicyclic) bond motifs is 15. The van der Waals surface area contributed by atoms with Crippen LogP contribution in [0.25, 0.3) is 60.2 Å². The van der Waals surface area contributed by atoms with Gasteiger partial charge in [0.25, 0.3) is 0 Å². The SMILES string of the molecule is c1ccc2c(c1)Sc1cc3c4ccc5ccccc5c4n(-c4cccc5ccccc45)c3cc1C21c2ccccc2-c2ccccc21. The Kier molecular flexibility index (Phi) is 5.04. The van der Waals surface area contributed by atoms with Crippen LogP contribution < -0.4 is 0 Å². The van der Waals surface area contributed by atoms with Crippen LogP contribution in [0.5, 0.6) is 0 Å². The summed E-state index contributed by atoms with van der Waals surface area (Å²) in [7, 11) is 0. The molecular formula is C45H27NS. The fourth-order valence-electron chi connectivity index (χ4n) is 8.78. The summed E-state index contributed by atoms with van der Waals surface area (Å²) in [5, 5.41) is 7.61. The van der Waals surface area contributed by atoms with E-state index in [2.05, 4.69) is 168 Å². The molecule has 8 aromatic carbocycles. The summed E-state index contributed by atoms with van der Waals surface area (Å²) in [6.07, 6.45) is 0. The lowest BCUT2D eigenvalue weighted by Crippen LogP contribution is -2.32. The van der Waals surface area contributed by atoms with Crippen LogP contribution in [0.1, 0.15) is 22.3 Å². The summed E-state index contributed by atoms with van der Waals surface area (Å²) in [5.74, 6) is 0. The molecule has 1 aliphatic heterocycles. The molecule has 0 saturated heterocycles. The van der Waals surface area contributed by atoms with E-state index in [-0.39, 0.29) is 0 Å². The van der Waals surface area contributed by atoms with Gasteiger partial charge in [0, 0.05) is 31.3 Å². The molecule has 1 nitrogen and oxygen atoms in total. The highest BCUT2D eigenvalue weighted by molar-refractivity contribution is 7.99. The molecule has 0 fully saturated rings. The van der Waals surface area contributed by atoms with Crippen molar-refractivity contribution in [1.82, 2.24) is 4.57 Å². The van der Waals surface area contributed by atoms with Gasteiger partial charge in [0.1, 0.15) is 0 Å². The Labute approximate surface area is 276 Å². The zero-order chi connectivity index (χ0) is 30.7. The van der Waals surface area contributed by atoms with Crippen molar-refractivity contribution in [2.75, 3.05) is 0 Å². The molecular weight excluding hydrogens is 587 g/mol. The summed E-state index contributed by atoms with van der Waals surface area (Å²) in [5.41, 5.74) is 11.4. The molecule has 0 amide bonds. The summed E-state index contributed by atoms with van der Waals surface area (Å²) >= 11 is 1.92. The molecule has 0 bridgehead atoms. The molecule has 2 heterocycles. The average molecular weight is 614 g/mol. The molecule has 1 spiro atoms. The fourth-order valence-corrected chi connectivity index (χ4v) is 9.99. The van der Waals surface area contributed by atoms with Crippen molar-refractivity contribution in [3.63, 3.8) is 0 Å². The maximum atomic E-state index is 2.56. The minimum atomic E-state index is -0.416. The number of hydrogen-bond acceptors (Lipinski definition) is 1. The highest BCUT2D eigenvalue weighted by Gasteiger charge is 2.50. The van der Waals surface area contributed by atoms with Crippen LogP contribution in [0, 0.1) is 0 Å². The van der Waals surface area contributed by atoms with E-state index in [1.54, 1.807) is 0 Å². The van der Waals surface area contributed by atoms with Crippen molar-refractivity contribution in [1.29, 1.82) is 0 Å². The maximum absolute atomic E-state index is 2.56. The van der Waals surface area contributed by atoms with Crippen molar-refractivity contribution in [3.05, 3.63) is 186 Å². The van der Waals surface area contributed by atoms with Gasteiger partial charge < -0.3 is 4.57 Å². The molecule has 0 radical (unpaired) electrons. The van der Waals surface area contributed by atoms with E-state index in [1.807, 2.05) is 11.8 Å². The molecule has 0 unspecified atom stereocenters. The van der Waals surface area contributed by atoms with Gasteiger partial charge >= 0.3 is 0 Å². The lowest BCUT2D eigenvalue weighted by Gasteiger charge is -2.39. The molecule has 218 valence electrons. The van der Waals surface area contributed by atoms with E-state index in [0.717, 1.165) is 0 Å². The molecule has 0 saturated carbocycles. The van der Waals surface area contributed by atoms with Crippen LogP contribution in [-0.4, -0.2) is 4.57 Å². The van der Waals surface area contributed by atoms with Crippen LogP contribution >= 0.6 is 11.8 Å². The third kappa shape index (κ3) is 3.21. The first-order valence-corrected chi connectivity index (χ1v) is 17.1. The van der Waals surface area contributed by atoms with Gasteiger partial charge in [-0.1, -0.05) is 151 Å². The normalized spacial score (nSPS) is 14.0. The highest BCUT2D eigenvalue weighted by atomic mass is 32.2. The number of nitrogens with zero attached hydrogens (tertiary/aromatic N) is 1. The van der Waals surface area contributed by atoms with Crippen molar-refractivity contribution in [2.24, 2.45) is 0 Å². The van der Waals surface area contributed by atoms with Crippen LogP contribution in [0.15, 0.2) is 174 Å². The van der Waals surface area contributed by atoms with Gasteiger partial charge in [-0.2, -0.15) is 0 Å².